The van der Waals surface area contributed by atoms with Gasteiger partial charge in [-0.1, -0.05) is 56.3 Å². The first-order chi connectivity index (χ1) is 17.3. The van der Waals surface area contributed by atoms with Crippen molar-refractivity contribution in [2.24, 2.45) is 11.8 Å². The van der Waals surface area contributed by atoms with Gasteiger partial charge in [-0.25, -0.2) is 4.39 Å². The fourth-order valence-electron chi connectivity index (χ4n) is 5.39. The van der Waals surface area contributed by atoms with Gasteiger partial charge in [0.05, 0.1) is 25.7 Å². The molecule has 0 aliphatic carbocycles. The molecule has 1 saturated heterocycles. The fraction of sp³-hybridized carbons (Fsp3) is 0.433. The molecule has 1 fully saturated rings. The molecule has 1 N–H and O–H groups in total. The predicted octanol–water partition coefficient (Wildman–Crippen LogP) is 6.36. The zero-order valence-corrected chi connectivity index (χ0v) is 21.6. The third kappa shape index (κ3) is 5.34. The lowest BCUT2D eigenvalue weighted by Gasteiger charge is -2.30. The molecule has 0 spiro atoms. The number of alkyl halides is 1. The maximum atomic E-state index is 14.1. The quantitative estimate of drug-likeness (QED) is 0.376. The van der Waals surface area contributed by atoms with E-state index >= 15 is 0 Å². The SMILES string of the molecule is COc1ccc(CN2CCCC(F)C2)c(OC)c1-c1cccc2c(CC(C(=O)O)C(C)C)cccc12. The number of piperidine rings is 1. The van der Waals surface area contributed by atoms with Crippen LogP contribution in [0.4, 0.5) is 4.39 Å². The molecule has 0 amide bonds. The van der Waals surface area contributed by atoms with Crippen molar-refractivity contribution in [3.05, 3.63) is 59.7 Å². The van der Waals surface area contributed by atoms with Crippen molar-refractivity contribution >= 4 is 16.7 Å². The van der Waals surface area contributed by atoms with Gasteiger partial charge in [0.1, 0.15) is 17.7 Å². The summed E-state index contributed by atoms with van der Waals surface area (Å²) in [4.78, 5) is 14.0. The van der Waals surface area contributed by atoms with Crippen molar-refractivity contribution in [3.63, 3.8) is 0 Å². The van der Waals surface area contributed by atoms with E-state index in [2.05, 4.69) is 11.0 Å². The molecule has 0 radical (unpaired) electrons. The topological polar surface area (TPSA) is 59.0 Å². The van der Waals surface area contributed by atoms with E-state index < -0.39 is 18.1 Å². The average molecular weight is 494 g/mol. The lowest BCUT2D eigenvalue weighted by atomic mass is 9.86. The van der Waals surface area contributed by atoms with Crippen molar-refractivity contribution in [1.29, 1.82) is 0 Å². The zero-order valence-electron chi connectivity index (χ0n) is 21.6. The third-order valence-electron chi connectivity index (χ3n) is 7.31. The number of aliphatic carboxylic acids is 1. The van der Waals surface area contributed by atoms with Crippen LogP contribution in [0.5, 0.6) is 11.5 Å². The number of rotatable bonds is 9. The van der Waals surface area contributed by atoms with E-state index in [1.54, 1.807) is 14.2 Å². The molecule has 1 aliphatic heterocycles. The van der Waals surface area contributed by atoms with Crippen molar-refractivity contribution < 1.29 is 23.8 Å². The van der Waals surface area contributed by atoms with E-state index in [1.165, 1.54) is 0 Å². The average Bonchev–Trinajstić information content (AvgIpc) is 2.86. The van der Waals surface area contributed by atoms with Gasteiger partial charge < -0.3 is 14.6 Å². The van der Waals surface area contributed by atoms with Gasteiger partial charge in [0.15, 0.2) is 0 Å². The number of halogens is 1. The van der Waals surface area contributed by atoms with E-state index in [0.717, 1.165) is 51.7 Å². The van der Waals surface area contributed by atoms with Crippen molar-refractivity contribution in [2.45, 2.75) is 45.8 Å². The van der Waals surface area contributed by atoms with Crippen LogP contribution < -0.4 is 9.47 Å². The molecule has 2 unspecified atom stereocenters. The molecule has 6 heteroatoms. The Morgan fingerprint density at radius 2 is 1.81 bits per heavy atom. The van der Waals surface area contributed by atoms with Crippen LogP contribution in [-0.4, -0.2) is 49.5 Å². The van der Waals surface area contributed by atoms with Crippen LogP contribution in [0, 0.1) is 11.8 Å². The number of ether oxygens (including phenoxy) is 2. The molecule has 1 heterocycles. The number of benzene rings is 3. The largest absolute Gasteiger partial charge is 0.496 e. The lowest BCUT2D eigenvalue weighted by Crippen LogP contribution is -2.35. The van der Waals surface area contributed by atoms with Gasteiger partial charge in [-0.15, -0.1) is 0 Å². The Labute approximate surface area is 212 Å². The molecule has 3 aromatic rings. The van der Waals surface area contributed by atoms with Crippen LogP contribution in [0.1, 0.15) is 37.8 Å². The van der Waals surface area contributed by atoms with Gasteiger partial charge >= 0.3 is 5.97 Å². The van der Waals surface area contributed by atoms with Gasteiger partial charge in [-0.2, -0.15) is 0 Å². The monoisotopic (exact) mass is 493 g/mol. The van der Waals surface area contributed by atoms with Crippen LogP contribution >= 0.6 is 0 Å². The van der Waals surface area contributed by atoms with Crippen molar-refractivity contribution in [1.82, 2.24) is 4.90 Å². The number of likely N-dealkylation sites (tertiary alicyclic amines) is 1. The van der Waals surface area contributed by atoms with Crippen LogP contribution in [0.25, 0.3) is 21.9 Å². The zero-order chi connectivity index (χ0) is 25.8. The summed E-state index contributed by atoms with van der Waals surface area (Å²) in [5.74, 6) is 0.203. The molecular formula is C30H36FNO4. The van der Waals surface area contributed by atoms with Gasteiger partial charge in [0.2, 0.25) is 0 Å². The lowest BCUT2D eigenvalue weighted by molar-refractivity contribution is -0.143. The Bertz CT molecular complexity index is 1230. The summed E-state index contributed by atoms with van der Waals surface area (Å²) >= 11 is 0. The number of fused-ring (bicyclic) bond motifs is 1. The number of carboxylic acid groups (broad SMARTS) is 1. The minimum atomic E-state index is -0.792. The van der Waals surface area contributed by atoms with E-state index in [9.17, 15) is 14.3 Å². The van der Waals surface area contributed by atoms with Crippen LogP contribution in [-0.2, 0) is 17.8 Å². The first-order valence-corrected chi connectivity index (χ1v) is 12.7. The molecule has 36 heavy (non-hydrogen) atoms. The number of nitrogens with zero attached hydrogens (tertiary/aromatic N) is 1. The number of methoxy groups -OCH3 is 2. The fourth-order valence-corrected chi connectivity index (χ4v) is 5.39. The molecule has 192 valence electrons. The highest BCUT2D eigenvalue weighted by Crippen LogP contribution is 2.44. The molecule has 5 nitrogen and oxygen atoms in total. The summed E-state index contributed by atoms with van der Waals surface area (Å²) in [6, 6.07) is 16.1. The first kappa shape index (κ1) is 26.0. The number of carboxylic acids is 1. The molecule has 0 aromatic heterocycles. The van der Waals surface area contributed by atoms with E-state index in [0.29, 0.717) is 31.7 Å². The minimum absolute atomic E-state index is 0.0246. The van der Waals surface area contributed by atoms with Crippen LogP contribution in [0.3, 0.4) is 0 Å². The van der Waals surface area contributed by atoms with Crippen molar-refractivity contribution in [2.75, 3.05) is 27.3 Å². The molecule has 0 saturated carbocycles. The van der Waals surface area contributed by atoms with Gasteiger partial charge in [0.25, 0.3) is 0 Å². The summed E-state index contributed by atoms with van der Waals surface area (Å²) in [6.07, 6.45) is 1.15. The van der Waals surface area contributed by atoms with Crippen molar-refractivity contribution in [3.8, 4) is 22.6 Å². The summed E-state index contributed by atoms with van der Waals surface area (Å²) in [7, 11) is 3.31. The van der Waals surface area contributed by atoms with Gasteiger partial charge in [-0.05, 0) is 59.7 Å². The first-order valence-electron chi connectivity index (χ1n) is 12.7. The normalized spacial score (nSPS) is 17.3. The Kier molecular flexibility index (Phi) is 8.14. The Hall–Kier alpha value is -3.12. The Morgan fingerprint density at radius 1 is 1.06 bits per heavy atom. The summed E-state index contributed by atoms with van der Waals surface area (Å²) in [5, 5.41) is 11.8. The second-order valence-corrected chi connectivity index (χ2v) is 10.0. The standard InChI is InChI=1S/C30H36FNO4/c1-19(2)26(30(33)34)16-20-8-5-11-24-23(20)10-6-12-25(24)28-27(35-3)14-13-21(29(28)36-4)17-32-15-7-9-22(31)18-32/h5-6,8,10-14,19,22,26H,7,9,15-18H2,1-4H3,(H,33,34). The molecule has 2 atom stereocenters. The van der Waals surface area contributed by atoms with Crippen LogP contribution in [0.15, 0.2) is 48.5 Å². The van der Waals surface area contributed by atoms with E-state index in [-0.39, 0.29) is 5.92 Å². The number of carbonyl (C=O) groups is 1. The second-order valence-electron chi connectivity index (χ2n) is 10.0. The smallest absolute Gasteiger partial charge is 0.307 e. The second kappa shape index (κ2) is 11.3. The summed E-state index contributed by atoms with van der Waals surface area (Å²) in [6.45, 7) is 5.80. The maximum Gasteiger partial charge on any atom is 0.307 e. The number of hydrogen-bond donors (Lipinski definition) is 1. The maximum absolute atomic E-state index is 14.1. The van der Waals surface area contributed by atoms with Gasteiger partial charge in [-0.3, -0.25) is 9.69 Å². The summed E-state index contributed by atoms with van der Waals surface area (Å²) < 4.78 is 25.8. The minimum Gasteiger partial charge on any atom is -0.496 e. The molecule has 1 aliphatic rings. The molecule has 0 bridgehead atoms. The summed E-state index contributed by atoms with van der Waals surface area (Å²) in [5.41, 5.74) is 3.81. The third-order valence-corrected chi connectivity index (χ3v) is 7.31. The predicted molar refractivity (Wildman–Crippen MR) is 142 cm³/mol. The highest BCUT2D eigenvalue weighted by Gasteiger charge is 2.25. The highest BCUT2D eigenvalue weighted by molar-refractivity contribution is 6.01. The molecule has 3 aromatic carbocycles. The number of hydrogen-bond acceptors (Lipinski definition) is 4. The Morgan fingerprint density at radius 3 is 2.47 bits per heavy atom. The highest BCUT2D eigenvalue weighted by atomic mass is 19.1. The van der Waals surface area contributed by atoms with Crippen LogP contribution in [0.2, 0.25) is 0 Å². The molecule has 4 rings (SSSR count). The van der Waals surface area contributed by atoms with Gasteiger partial charge in [0, 0.05) is 18.7 Å². The van der Waals surface area contributed by atoms with E-state index in [4.69, 9.17) is 9.47 Å². The Balaban J connectivity index is 1.82. The molecular weight excluding hydrogens is 457 g/mol. The van der Waals surface area contributed by atoms with E-state index in [1.807, 2.05) is 56.3 Å².